The molecular weight excluding hydrogens is 282 g/mol. The standard InChI is InChI=1S/C15H27N5O2/c1-11-18-13(19-22-11)10-17-14(16-5)20-8-6-12(7-9-20)21-15(2,3)4/h12H,6-10H2,1-5H3,(H,16,17). The summed E-state index contributed by atoms with van der Waals surface area (Å²) in [4.78, 5) is 10.8. The fraction of sp³-hybridized carbons (Fsp3) is 0.800. The Morgan fingerprint density at radius 1 is 1.41 bits per heavy atom. The molecule has 1 aliphatic heterocycles. The van der Waals surface area contributed by atoms with E-state index in [4.69, 9.17) is 9.26 Å². The first kappa shape index (κ1) is 16.7. The van der Waals surface area contributed by atoms with Gasteiger partial charge < -0.3 is 19.5 Å². The number of piperidine rings is 1. The van der Waals surface area contributed by atoms with Gasteiger partial charge in [0.25, 0.3) is 0 Å². The lowest BCUT2D eigenvalue weighted by molar-refractivity contribution is -0.0772. The van der Waals surface area contributed by atoms with E-state index in [0.29, 0.717) is 24.4 Å². The van der Waals surface area contributed by atoms with Crippen LogP contribution in [0.4, 0.5) is 0 Å². The average Bonchev–Trinajstić information content (AvgIpc) is 2.85. The fourth-order valence-electron chi connectivity index (χ4n) is 2.59. The lowest BCUT2D eigenvalue weighted by atomic mass is 10.1. The fourth-order valence-corrected chi connectivity index (χ4v) is 2.59. The molecule has 2 heterocycles. The van der Waals surface area contributed by atoms with Crippen LogP contribution in [0.3, 0.4) is 0 Å². The van der Waals surface area contributed by atoms with Gasteiger partial charge in [-0.25, -0.2) is 0 Å². The first-order valence-corrected chi connectivity index (χ1v) is 7.80. The molecule has 1 N–H and O–H groups in total. The molecule has 1 fully saturated rings. The van der Waals surface area contributed by atoms with Crippen LogP contribution in [-0.4, -0.2) is 52.8 Å². The molecule has 0 atom stereocenters. The molecule has 0 bridgehead atoms. The summed E-state index contributed by atoms with van der Waals surface area (Å²) < 4.78 is 11.0. The summed E-state index contributed by atoms with van der Waals surface area (Å²) in [5, 5.41) is 7.16. The zero-order chi connectivity index (χ0) is 16.2. The number of nitrogens with one attached hydrogen (secondary N) is 1. The summed E-state index contributed by atoms with van der Waals surface area (Å²) in [5.74, 6) is 2.09. The molecule has 0 saturated carbocycles. The van der Waals surface area contributed by atoms with Gasteiger partial charge in [-0.05, 0) is 33.6 Å². The third-order valence-electron chi connectivity index (χ3n) is 3.45. The third kappa shape index (κ3) is 4.98. The Kier molecular flexibility index (Phi) is 5.39. The molecule has 1 aliphatic rings. The van der Waals surface area contributed by atoms with Crippen molar-refractivity contribution in [1.29, 1.82) is 0 Å². The van der Waals surface area contributed by atoms with E-state index < -0.39 is 0 Å². The van der Waals surface area contributed by atoms with E-state index in [-0.39, 0.29) is 5.60 Å². The summed E-state index contributed by atoms with van der Waals surface area (Å²) >= 11 is 0. The number of ether oxygens (including phenoxy) is 1. The van der Waals surface area contributed by atoms with Crippen molar-refractivity contribution in [2.24, 2.45) is 4.99 Å². The minimum Gasteiger partial charge on any atom is -0.372 e. The van der Waals surface area contributed by atoms with Crippen LogP contribution >= 0.6 is 0 Å². The molecule has 1 saturated heterocycles. The minimum atomic E-state index is -0.0801. The third-order valence-corrected chi connectivity index (χ3v) is 3.45. The monoisotopic (exact) mass is 309 g/mol. The Hall–Kier alpha value is -1.63. The van der Waals surface area contributed by atoms with Gasteiger partial charge >= 0.3 is 0 Å². The van der Waals surface area contributed by atoms with Crippen LogP contribution in [0, 0.1) is 6.92 Å². The van der Waals surface area contributed by atoms with Gasteiger partial charge in [0.05, 0.1) is 18.2 Å². The highest BCUT2D eigenvalue weighted by Crippen LogP contribution is 2.20. The van der Waals surface area contributed by atoms with E-state index in [1.54, 1.807) is 14.0 Å². The van der Waals surface area contributed by atoms with E-state index >= 15 is 0 Å². The molecule has 0 spiro atoms. The Morgan fingerprint density at radius 3 is 2.59 bits per heavy atom. The first-order valence-electron chi connectivity index (χ1n) is 7.80. The van der Waals surface area contributed by atoms with Crippen LogP contribution in [0.1, 0.15) is 45.3 Å². The van der Waals surface area contributed by atoms with Crippen LogP contribution < -0.4 is 5.32 Å². The molecule has 7 heteroatoms. The van der Waals surface area contributed by atoms with Crippen LogP contribution in [0.2, 0.25) is 0 Å². The Labute approximate surface area is 132 Å². The summed E-state index contributed by atoms with van der Waals surface area (Å²) in [6, 6.07) is 0. The second kappa shape index (κ2) is 7.09. The summed E-state index contributed by atoms with van der Waals surface area (Å²) in [6.07, 6.45) is 2.35. The summed E-state index contributed by atoms with van der Waals surface area (Å²) in [5.41, 5.74) is -0.0801. The molecule has 1 aromatic heterocycles. The smallest absolute Gasteiger partial charge is 0.223 e. The Balaban J connectivity index is 1.81. The molecule has 0 amide bonds. The lowest BCUT2D eigenvalue weighted by Crippen LogP contribution is -2.47. The van der Waals surface area contributed by atoms with E-state index in [1.165, 1.54) is 0 Å². The van der Waals surface area contributed by atoms with Gasteiger partial charge in [0.15, 0.2) is 11.8 Å². The summed E-state index contributed by atoms with van der Waals surface area (Å²) in [6.45, 7) is 10.5. The first-order chi connectivity index (χ1) is 10.4. The molecule has 124 valence electrons. The van der Waals surface area contributed by atoms with Crippen molar-refractivity contribution in [3.8, 4) is 0 Å². The largest absolute Gasteiger partial charge is 0.372 e. The van der Waals surface area contributed by atoms with Gasteiger partial charge in [0.2, 0.25) is 5.89 Å². The topological polar surface area (TPSA) is 75.8 Å². The van der Waals surface area contributed by atoms with Gasteiger partial charge in [-0.3, -0.25) is 4.99 Å². The maximum absolute atomic E-state index is 6.05. The maximum Gasteiger partial charge on any atom is 0.223 e. The van der Waals surface area contributed by atoms with Crippen molar-refractivity contribution >= 4 is 5.96 Å². The van der Waals surface area contributed by atoms with E-state index in [0.717, 1.165) is 31.9 Å². The van der Waals surface area contributed by atoms with Gasteiger partial charge in [0.1, 0.15) is 0 Å². The quantitative estimate of drug-likeness (QED) is 0.677. The number of aliphatic imine (C=N–C) groups is 1. The number of rotatable bonds is 3. The minimum absolute atomic E-state index is 0.0801. The van der Waals surface area contributed by atoms with Crippen molar-refractivity contribution in [2.75, 3.05) is 20.1 Å². The second-order valence-electron chi connectivity index (χ2n) is 6.55. The molecule has 22 heavy (non-hydrogen) atoms. The molecule has 0 radical (unpaired) electrons. The number of aryl methyl sites for hydroxylation is 1. The van der Waals surface area contributed by atoms with E-state index in [9.17, 15) is 0 Å². The highest BCUT2D eigenvalue weighted by Gasteiger charge is 2.25. The zero-order valence-corrected chi connectivity index (χ0v) is 14.2. The van der Waals surface area contributed by atoms with Crippen molar-refractivity contribution in [3.05, 3.63) is 11.7 Å². The molecule has 1 aromatic rings. The van der Waals surface area contributed by atoms with Gasteiger partial charge in [0, 0.05) is 27.1 Å². The molecular formula is C15H27N5O2. The van der Waals surface area contributed by atoms with Crippen molar-refractivity contribution in [1.82, 2.24) is 20.4 Å². The van der Waals surface area contributed by atoms with E-state index in [2.05, 4.69) is 46.1 Å². The molecule has 7 nitrogen and oxygen atoms in total. The highest BCUT2D eigenvalue weighted by atomic mass is 16.5. The number of nitrogens with zero attached hydrogens (tertiary/aromatic N) is 4. The van der Waals surface area contributed by atoms with Crippen LogP contribution in [0.15, 0.2) is 9.52 Å². The van der Waals surface area contributed by atoms with Crippen LogP contribution in [0.25, 0.3) is 0 Å². The van der Waals surface area contributed by atoms with E-state index in [1.807, 2.05) is 0 Å². The van der Waals surface area contributed by atoms with Gasteiger partial charge in [-0.1, -0.05) is 5.16 Å². The van der Waals surface area contributed by atoms with Crippen molar-refractivity contribution < 1.29 is 9.26 Å². The average molecular weight is 309 g/mol. The number of hydrogen-bond acceptors (Lipinski definition) is 5. The highest BCUT2D eigenvalue weighted by molar-refractivity contribution is 5.79. The van der Waals surface area contributed by atoms with Gasteiger partial charge in [-0.15, -0.1) is 0 Å². The zero-order valence-electron chi connectivity index (χ0n) is 14.2. The SMILES string of the molecule is CN=C(NCc1noc(C)n1)N1CCC(OC(C)(C)C)CC1. The Morgan fingerprint density at radius 2 is 2.09 bits per heavy atom. The number of guanidine groups is 1. The predicted molar refractivity (Wildman–Crippen MR) is 84.7 cm³/mol. The van der Waals surface area contributed by atoms with Crippen molar-refractivity contribution in [3.63, 3.8) is 0 Å². The molecule has 0 aliphatic carbocycles. The second-order valence-corrected chi connectivity index (χ2v) is 6.55. The molecule has 0 unspecified atom stereocenters. The lowest BCUT2D eigenvalue weighted by Gasteiger charge is -2.36. The number of aromatic nitrogens is 2. The van der Waals surface area contributed by atoms with Crippen LogP contribution in [0.5, 0.6) is 0 Å². The normalized spacial score (nSPS) is 17.9. The number of hydrogen-bond donors (Lipinski definition) is 1. The summed E-state index contributed by atoms with van der Waals surface area (Å²) in [7, 11) is 1.79. The molecule has 0 aromatic carbocycles. The van der Waals surface area contributed by atoms with Gasteiger partial charge in [-0.2, -0.15) is 4.98 Å². The number of likely N-dealkylation sites (tertiary alicyclic amines) is 1. The molecule has 2 rings (SSSR count). The van der Waals surface area contributed by atoms with Crippen LogP contribution in [-0.2, 0) is 11.3 Å². The Bertz CT molecular complexity index is 498. The predicted octanol–water partition coefficient (Wildman–Crippen LogP) is 1.73. The maximum atomic E-state index is 6.05. The van der Waals surface area contributed by atoms with Crippen molar-refractivity contribution in [2.45, 2.75) is 58.8 Å².